The van der Waals surface area contributed by atoms with E-state index in [1.54, 1.807) is 6.20 Å². The molecule has 1 fully saturated rings. The molecule has 0 saturated carbocycles. The average molecular weight is 462 g/mol. The molecule has 0 spiro atoms. The number of nitrogen functional groups attached to an aromatic ring is 1. The highest BCUT2D eigenvalue weighted by Crippen LogP contribution is 2.40. The number of pyridine rings is 1. The van der Waals surface area contributed by atoms with Crippen molar-refractivity contribution in [1.29, 1.82) is 0 Å². The first-order chi connectivity index (χ1) is 16.0. The van der Waals surface area contributed by atoms with E-state index in [1.807, 2.05) is 48.5 Å². The van der Waals surface area contributed by atoms with Crippen LogP contribution in [0.25, 0.3) is 5.57 Å². The summed E-state index contributed by atoms with van der Waals surface area (Å²) in [6.07, 6.45) is 7.10. The van der Waals surface area contributed by atoms with Gasteiger partial charge in [-0.15, -0.1) is 0 Å². The minimum Gasteiger partial charge on any atom is -0.438 e. The van der Waals surface area contributed by atoms with Crippen molar-refractivity contribution < 1.29 is 9.84 Å². The third-order valence-electron chi connectivity index (χ3n) is 6.76. The van der Waals surface area contributed by atoms with Gasteiger partial charge in [0.15, 0.2) is 0 Å². The second-order valence-electron chi connectivity index (χ2n) is 8.86. The fourth-order valence-electron chi connectivity index (χ4n) is 4.77. The molecule has 6 heteroatoms. The van der Waals surface area contributed by atoms with E-state index in [0.29, 0.717) is 10.9 Å². The van der Waals surface area contributed by atoms with Crippen molar-refractivity contribution >= 4 is 22.9 Å². The molecule has 0 bridgehead atoms. The molecular formula is C27H28ClN3O2. The molecule has 3 N–H and O–H groups in total. The van der Waals surface area contributed by atoms with Crippen LogP contribution in [0.3, 0.4) is 0 Å². The van der Waals surface area contributed by atoms with Gasteiger partial charge in [0.2, 0.25) is 5.88 Å². The molecule has 170 valence electrons. The van der Waals surface area contributed by atoms with Gasteiger partial charge in [0, 0.05) is 54.1 Å². The SMILES string of the molecule is Nc1cccc2c1C/C(=C/CCN1CCC(O)(c3ccc(Cl)cc3)CC1)c1cccnc1O2. The lowest BCUT2D eigenvalue weighted by atomic mass is 9.84. The zero-order chi connectivity index (χ0) is 22.8. The van der Waals surface area contributed by atoms with E-state index in [2.05, 4.69) is 22.0 Å². The quantitative estimate of drug-likeness (QED) is 0.507. The van der Waals surface area contributed by atoms with Crippen molar-refractivity contribution in [3.63, 3.8) is 0 Å². The molecule has 3 aromatic rings. The van der Waals surface area contributed by atoms with E-state index in [-0.39, 0.29) is 0 Å². The lowest BCUT2D eigenvalue weighted by Crippen LogP contribution is -2.42. The minimum atomic E-state index is -0.774. The van der Waals surface area contributed by atoms with Gasteiger partial charge in [-0.25, -0.2) is 4.98 Å². The summed E-state index contributed by atoms with van der Waals surface area (Å²) in [4.78, 5) is 6.87. The number of aromatic nitrogens is 1. The molecule has 2 aliphatic rings. The number of aliphatic hydroxyl groups is 1. The number of piperidine rings is 1. The van der Waals surface area contributed by atoms with Crippen LogP contribution in [0, 0.1) is 0 Å². The van der Waals surface area contributed by atoms with Crippen molar-refractivity contribution in [2.24, 2.45) is 0 Å². The van der Waals surface area contributed by atoms with E-state index < -0.39 is 5.60 Å². The molecule has 5 nitrogen and oxygen atoms in total. The molecule has 3 heterocycles. The molecule has 2 aromatic carbocycles. The van der Waals surface area contributed by atoms with Gasteiger partial charge >= 0.3 is 0 Å². The number of nitrogens with zero attached hydrogens (tertiary/aromatic N) is 2. The Morgan fingerprint density at radius 2 is 1.88 bits per heavy atom. The van der Waals surface area contributed by atoms with Gasteiger partial charge in [0.25, 0.3) is 0 Å². The number of halogens is 1. The van der Waals surface area contributed by atoms with Crippen molar-refractivity contribution in [2.75, 3.05) is 25.4 Å². The monoisotopic (exact) mass is 461 g/mol. The second kappa shape index (κ2) is 9.18. The Hall–Kier alpha value is -2.86. The lowest BCUT2D eigenvalue weighted by Gasteiger charge is -2.38. The van der Waals surface area contributed by atoms with Crippen LogP contribution in [0.1, 0.15) is 36.0 Å². The zero-order valence-corrected chi connectivity index (χ0v) is 19.3. The molecule has 0 atom stereocenters. The van der Waals surface area contributed by atoms with Gasteiger partial charge in [0.1, 0.15) is 5.75 Å². The Kier molecular flexibility index (Phi) is 6.11. The van der Waals surface area contributed by atoms with Gasteiger partial charge in [-0.1, -0.05) is 35.9 Å². The topological polar surface area (TPSA) is 71.6 Å². The Balaban J connectivity index is 1.27. The molecule has 2 aliphatic heterocycles. The van der Waals surface area contributed by atoms with Crippen molar-refractivity contribution in [3.05, 3.63) is 88.6 Å². The predicted octanol–water partition coefficient (Wildman–Crippen LogP) is 5.42. The van der Waals surface area contributed by atoms with Gasteiger partial charge in [-0.2, -0.15) is 0 Å². The van der Waals surface area contributed by atoms with Crippen LogP contribution in [0.4, 0.5) is 5.69 Å². The number of benzene rings is 2. The molecule has 0 amide bonds. The first kappa shape index (κ1) is 22.0. The molecule has 0 aliphatic carbocycles. The Labute approximate surface area is 199 Å². The first-order valence-corrected chi connectivity index (χ1v) is 11.8. The number of hydrogen-bond donors (Lipinski definition) is 2. The molecule has 33 heavy (non-hydrogen) atoms. The van der Waals surface area contributed by atoms with Gasteiger partial charge in [-0.05, 0) is 66.8 Å². The lowest BCUT2D eigenvalue weighted by molar-refractivity contribution is -0.0254. The van der Waals surface area contributed by atoms with Crippen LogP contribution >= 0.6 is 11.6 Å². The molecule has 1 saturated heterocycles. The van der Waals surface area contributed by atoms with Crippen LogP contribution in [0.5, 0.6) is 11.6 Å². The summed E-state index contributed by atoms with van der Waals surface area (Å²) in [6, 6.07) is 17.3. The normalized spacial score (nSPS) is 18.8. The summed E-state index contributed by atoms with van der Waals surface area (Å²) < 4.78 is 6.10. The number of rotatable bonds is 4. The van der Waals surface area contributed by atoms with Gasteiger partial charge in [-0.3, -0.25) is 0 Å². The van der Waals surface area contributed by atoms with Gasteiger partial charge < -0.3 is 20.5 Å². The number of allylic oxidation sites excluding steroid dienone is 1. The predicted molar refractivity (Wildman–Crippen MR) is 132 cm³/mol. The Morgan fingerprint density at radius 3 is 2.67 bits per heavy atom. The van der Waals surface area contributed by atoms with Gasteiger partial charge in [0.05, 0.1) is 5.60 Å². The largest absolute Gasteiger partial charge is 0.438 e. The van der Waals surface area contributed by atoms with E-state index in [0.717, 1.165) is 73.4 Å². The van der Waals surface area contributed by atoms with Crippen molar-refractivity contribution in [2.45, 2.75) is 31.3 Å². The molecule has 1 aromatic heterocycles. The summed E-state index contributed by atoms with van der Waals surface area (Å²) in [5.74, 6) is 1.40. The number of anilines is 1. The second-order valence-corrected chi connectivity index (χ2v) is 9.29. The van der Waals surface area contributed by atoms with E-state index >= 15 is 0 Å². The summed E-state index contributed by atoms with van der Waals surface area (Å²) in [6.45, 7) is 2.66. The molecule has 5 rings (SSSR count). The highest BCUT2D eigenvalue weighted by Gasteiger charge is 2.33. The zero-order valence-electron chi connectivity index (χ0n) is 18.5. The van der Waals surface area contributed by atoms with Crippen LogP contribution < -0.4 is 10.5 Å². The Morgan fingerprint density at radius 1 is 1.09 bits per heavy atom. The number of likely N-dealkylation sites (tertiary alicyclic amines) is 1. The van der Waals surface area contributed by atoms with Crippen LogP contribution in [0.2, 0.25) is 5.02 Å². The van der Waals surface area contributed by atoms with Crippen LogP contribution in [-0.4, -0.2) is 34.6 Å². The van der Waals surface area contributed by atoms with E-state index in [4.69, 9.17) is 22.1 Å². The number of hydrogen-bond acceptors (Lipinski definition) is 5. The third-order valence-corrected chi connectivity index (χ3v) is 7.01. The van der Waals surface area contributed by atoms with Crippen molar-refractivity contribution in [1.82, 2.24) is 9.88 Å². The fourth-order valence-corrected chi connectivity index (χ4v) is 4.90. The molecule has 0 unspecified atom stereocenters. The maximum atomic E-state index is 11.1. The smallest absolute Gasteiger partial charge is 0.226 e. The summed E-state index contributed by atoms with van der Waals surface area (Å²) in [7, 11) is 0. The maximum absolute atomic E-state index is 11.1. The average Bonchev–Trinajstić information content (AvgIpc) is 2.98. The van der Waals surface area contributed by atoms with E-state index in [9.17, 15) is 5.11 Å². The fraction of sp³-hybridized carbons (Fsp3) is 0.296. The highest BCUT2D eigenvalue weighted by molar-refractivity contribution is 6.30. The molecule has 0 radical (unpaired) electrons. The van der Waals surface area contributed by atoms with Crippen LogP contribution in [-0.2, 0) is 12.0 Å². The summed E-state index contributed by atoms with van der Waals surface area (Å²) in [5, 5.41) is 11.8. The Bertz CT molecular complexity index is 1170. The third kappa shape index (κ3) is 4.62. The summed E-state index contributed by atoms with van der Waals surface area (Å²) >= 11 is 6.00. The first-order valence-electron chi connectivity index (χ1n) is 11.4. The number of nitrogens with two attached hydrogens (primary N) is 1. The highest BCUT2D eigenvalue weighted by atomic mass is 35.5. The van der Waals surface area contributed by atoms with E-state index in [1.165, 1.54) is 5.57 Å². The van der Waals surface area contributed by atoms with Crippen LogP contribution in [0.15, 0.2) is 66.9 Å². The summed E-state index contributed by atoms with van der Waals surface area (Å²) in [5.41, 5.74) is 10.4. The van der Waals surface area contributed by atoms with Crippen molar-refractivity contribution in [3.8, 4) is 11.6 Å². The standard InChI is InChI=1S/C27H28ClN3O2/c28-21-10-8-20(9-11-21)27(32)12-16-31(17-13-27)15-3-4-19-18-23-24(29)6-1-7-25(23)33-26-22(19)5-2-14-30-26/h1-2,4-11,14,32H,3,12-13,15-18,29H2/b19-4-. The maximum Gasteiger partial charge on any atom is 0.226 e. The number of fused-ring (bicyclic) bond motifs is 2. The number of ether oxygens (including phenoxy) is 1. The molecular weight excluding hydrogens is 434 g/mol. The minimum absolute atomic E-state index is 0.624.